The fourth-order valence-electron chi connectivity index (χ4n) is 2.65. The fraction of sp³-hybridized carbons (Fsp3) is 1.00. The third-order valence-corrected chi connectivity index (χ3v) is 3.69. The summed E-state index contributed by atoms with van der Waals surface area (Å²) < 4.78 is 0. The SMILES string of the molecule is CC(C)N1CCN(C(C)C)[C@H](C)C1C. The molecule has 1 saturated heterocycles. The zero-order valence-corrected chi connectivity index (χ0v) is 10.6. The summed E-state index contributed by atoms with van der Waals surface area (Å²) in [7, 11) is 0. The molecule has 0 radical (unpaired) electrons. The summed E-state index contributed by atoms with van der Waals surface area (Å²) in [4.78, 5) is 5.23. The van der Waals surface area contributed by atoms with Crippen molar-refractivity contribution < 1.29 is 0 Å². The molecule has 1 rings (SSSR count). The van der Waals surface area contributed by atoms with E-state index in [1.54, 1.807) is 0 Å². The molecule has 0 bridgehead atoms. The lowest BCUT2D eigenvalue weighted by Gasteiger charge is -2.48. The van der Waals surface area contributed by atoms with E-state index in [0.717, 1.165) is 0 Å². The smallest absolute Gasteiger partial charge is 0.0223 e. The minimum absolute atomic E-state index is 0.682. The van der Waals surface area contributed by atoms with E-state index in [4.69, 9.17) is 0 Å². The Morgan fingerprint density at radius 1 is 0.786 bits per heavy atom. The quantitative estimate of drug-likeness (QED) is 0.671. The van der Waals surface area contributed by atoms with Crippen molar-refractivity contribution in [2.24, 2.45) is 0 Å². The van der Waals surface area contributed by atoms with Crippen molar-refractivity contribution in [1.82, 2.24) is 9.80 Å². The van der Waals surface area contributed by atoms with Crippen molar-refractivity contribution in [3.05, 3.63) is 0 Å². The van der Waals surface area contributed by atoms with E-state index in [2.05, 4.69) is 51.3 Å². The molecule has 1 aliphatic rings. The van der Waals surface area contributed by atoms with Gasteiger partial charge >= 0.3 is 0 Å². The van der Waals surface area contributed by atoms with Crippen LogP contribution < -0.4 is 0 Å². The van der Waals surface area contributed by atoms with Gasteiger partial charge in [0.05, 0.1) is 0 Å². The van der Waals surface area contributed by atoms with Gasteiger partial charge in [-0.1, -0.05) is 0 Å². The van der Waals surface area contributed by atoms with Gasteiger partial charge in [0.1, 0.15) is 0 Å². The zero-order chi connectivity index (χ0) is 10.9. The van der Waals surface area contributed by atoms with E-state index in [0.29, 0.717) is 24.2 Å². The Balaban J connectivity index is 2.64. The summed E-state index contributed by atoms with van der Waals surface area (Å²) in [6.45, 7) is 16.4. The van der Waals surface area contributed by atoms with E-state index in [-0.39, 0.29) is 0 Å². The van der Waals surface area contributed by atoms with E-state index in [9.17, 15) is 0 Å². The Morgan fingerprint density at radius 3 is 1.29 bits per heavy atom. The molecule has 84 valence electrons. The van der Waals surface area contributed by atoms with Crippen LogP contribution >= 0.6 is 0 Å². The molecule has 1 unspecified atom stereocenters. The predicted octanol–water partition coefficient (Wildman–Crippen LogP) is 2.20. The Labute approximate surface area is 89.3 Å². The highest BCUT2D eigenvalue weighted by Gasteiger charge is 2.32. The average Bonchev–Trinajstić information content (AvgIpc) is 2.08. The third-order valence-electron chi connectivity index (χ3n) is 3.69. The molecule has 0 saturated carbocycles. The summed E-state index contributed by atoms with van der Waals surface area (Å²) in [6.07, 6.45) is 0. The maximum atomic E-state index is 2.61. The van der Waals surface area contributed by atoms with E-state index >= 15 is 0 Å². The van der Waals surface area contributed by atoms with Crippen LogP contribution in [0.4, 0.5) is 0 Å². The topological polar surface area (TPSA) is 6.48 Å². The monoisotopic (exact) mass is 198 g/mol. The fourth-order valence-corrected chi connectivity index (χ4v) is 2.65. The van der Waals surface area contributed by atoms with E-state index < -0.39 is 0 Å². The third kappa shape index (κ3) is 2.29. The summed E-state index contributed by atoms with van der Waals surface area (Å²) in [5.74, 6) is 0. The first-order valence-corrected chi connectivity index (χ1v) is 5.96. The van der Waals surface area contributed by atoms with Gasteiger partial charge in [-0.05, 0) is 41.5 Å². The lowest BCUT2D eigenvalue weighted by atomic mass is 10.0. The molecule has 0 aromatic rings. The molecular weight excluding hydrogens is 172 g/mol. The zero-order valence-electron chi connectivity index (χ0n) is 10.6. The Morgan fingerprint density at radius 2 is 1.07 bits per heavy atom. The number of rotatable bonds is 2. The van der Waals surface area contributed by atoms with Crippen molar-refractivity contribution >= 4 is 0 Å². The summed E-state index contributed by atoms with van der Waals surface area (Å²) in [6, 6.07) is 2.74. The van der Waals surface area contributed by atoms with Crippen molar-refractivity contribution in [1.29, 1.82) is 0 Å². The molecule has 1 aliphatic heterocycles. The minimum Gasteiger partial charge on any atom is -0.295 e. The summed E-state index contributed by atoms with van der Waals surface area (Å²) in [5, 5.41) is 0. The minimum atomic E-state index is 0.682. The van der Waals surface area contributed by atoms with Crippen LogP contribution in [0, 0.1) is 0 Å². The van der Waals surface area contributed by atoms with E-state index in [1.165, 1.54) is 13.1 Å². The van der Waals surface area contributed by atoms with Gasteiger partial charge in [0.15, 0.2) is 0 Å². The van der Waals surface area contributed by atoms with Gasteiger partial charge in [0, 0.05) is 37.3 Å². The van der Waals surface area contributed by atoms with Crippen molar-refractivity contribution in [3.63, 3.8) is 0 Å². The van der Waals surface area contributed by atoms with Crippen LogP contribution in [0.1, 0.15) is 41.5 Å². The average molecular weight is 198 g/mol. The number of piperazine rings is 1. The Bertz CT molecular complexity index is 157. The van der Waals surface area contributed by atoms with Gasteiger partial charge < -0.3 is 0 Å². The van der Waals surface area contributed by atoms with Crippen LogP contribution in [0.2, 0.25) is 0 Å². The van der Waals surface area contributed by atoms with Crippen LogP contribution in [-0.2, 0) is 0 Å². The van der Waals surface area contributed by atoms with Gasteiger partial charge in [-0.25, -0.2) is 0 Å². The molecule has 0 aromatic heterocycles. The van der Waals surface area contributed by atoms with Crippen LogP contribution in [-0.4, -0.2) is 47.1 Å². The lowest BCUT2D eigenvalue weighted by molar-refractivity contribution is 0.00129. The molecule has 14 heavy (non-hydrogen) atoms. The standard InChI is InChI=1S/C12H26N2/c1-9(2)13-7-8-14(10(3)4)12(6)11(13)5/h9-12H,7-8H2,1-6H3/t11-,12?/m1/s1. The Kier molecular flexibility index (Phi) is 3.96. The Hall–Kier alpha value is -0.0800. The maximum absolute atomic E-state index is 2.61. The highest BCUT2D eigenvalue weighted by atomic mass is 15.3. The number of hydrogen-bond acceptors (Lipinski definition) is 2. The largest absolute Gasteiger partial charge is 0.295 e. The molecule has 1 fully saturated rings. The summed E-state index contributed by atoms with van der Waals surface area (Å²) in [5.41, 5.74) is 0. The molecule has 2 nitrogen and oxygen atoms in total. The first-order chi connectivity index (χ1) is 6.45. The second-order valence-electron chi connectivity index (χ2n) is 5.14. The first kappa shape index (κ1) is 12.0. The normalized spacial score (nSPS) is 31.7. The molecule has 0 spiro atoms. The second kappa shape index (κ2) is 4.63. The summed E-state index contributed by atoms with van der Waals surface area (Å²) >= 11 is 0. The first-order valence-electron chi connectivity index (χ1n) is 5.96. The second-order valence-corrected chi connectivity index (χ2v) is 5.14. The predicted molar refractivity (Wildman–Crippen MR) is 62.6 cm³/mol. The van der Waals surface area contributed by atoms with Gasteiger partial charge in [0.25, 0.3) is 0 Å². The molecule has 0 aromatic carbocycles. The van der Waals surface area contributed by atoms with Crippen LogP contribution in [0.25, 0.3) is 0 Å². The molecule has 0 amide bonds. The van der Waals surface area contributed by atoms with Crippen LogP contribution in [0.5, 0.6) is 0 Å². The maximum Gasteiger partial charge on any atom is 0.0223 e. The molecule has 0 aliphatic carbocycles. The van der Waals surface area contributed by atoms with Crippen molar-refractivity contribution in [2.75, 3.05) is 13.1 Å². The molecule has 2 heteroatoms. The highest BCUT2D eigenvalue weighted by molar-refractivity contribution is 4.88. The van der Waals surface area contributed by atoms with Crippen molar-refractivity contribution in [3.8, 4) is 0 Å². The molecular formula is C12H26N2. The molecule has 0 N–H and O–H groups in total. The van der Waals surface area contributed by atoms with Crippen LogP contribution in [0.3, 0.4) is 0 Å². The van der Waals surface area contributed by atoms with Gasteiger partial charge in [-0.15, -0.1) is 0 Å². The van der Waals surface area contributed by atoms with Crippen molar-refractivity contribution in [2.45, 2.75) is 65.7 Å². The lowest BCUT2D eigenvalue weighted by Crippen LogP contribution is -2.60. The van der Waals surface area contributed by atoms with Gasteiger partial charge in [0.2, 0.25) is 0 Å². The van der Waals surface area contributed by atoms with Gasteiger partial charge in [-0.3, -0.25) is 9.80 Å². The molecule has 2 atom stereocenters. The number of nitrogens with zero attached hydrogens (tertiary/aromatic N) is 2. The van der Waals surface area contributed by atoms with Gasteiger partial charge in [-0.2, -0.15) is 0 Å². The van der Waals surface area contributed by atoms with Crippen LogP contribution in [0.15, 0.2) is 0 Å². The molecule has 1 heterocycles. The number of hydrogen-bond donors (Lipinski definition) is 0. The highest BCUT2D eigenvalue weighted by Crippen LogP contribution is 2.20. The van der Waals surface area contributed by atoms with E-state index in [1.807, 2.05) is 0 Å².